The highest BCUT2D eigenvalue weighted by Gasteiger charge is 2.16. The van der Waals surface area contributed by atoms with E-state index in [0.29, 0.717) is 38.8 Å². The smallest absolute Gasteiger partial charge is 0.333 e. The molecule has 0 heterocycles. The van der Waals surface area contributed by atoms with E-state index >= 15 is 0 Å². The molecular formula is C16H34N8O9. The summed E-state index contributed by atoms with van der Waals surface area (Å²) >= 11 is 0. The monoisotopic (exact) mass is 482 g/mol. The van der Waals surface area contributed by atoms with Gasteiger partial charge in [0.1, 0.15) is 12.1 Å². The molecule has 0 bridgehead atoms. The van der Waals surface area contributed by atoms with Crippen molar-refractivity contribution in [3.63, 3.8) is 0 Å². The van der Waals surface area contributed by atoms with Crippen molar-refractivity contribution < 1.29 is 44.7 Å². The first kappa shape index (κ1) is 33.9. The summed E-state index contributed by atoms with van der Waals surface area (Å²) in [5, 5.41) is 59.6. The third kappa shape index (κ3) is 28.3. The summed E-state index contributed by atoms with van der Waals surface area (Å²) in [4.78, 5) is 39.8. The first-order valence-electron chi connectivity index (χ1n) is 9.36. The summed E-state index contributed by atoms with van der Waals surface area (Å²) in [6.45, 7) is 0.965. The normalized spacial score (nSPS) is 12.2. The van der Waals surface area contributed by atoms with Gasteiger partial charge in [-0.15, -0.1) is 0 Å². The predicted octanol–water partition coefficient (Wildman–Crippen LogP) is -3.77. The number of rotatable bonds is 13. The van der Waals surface area contributed by atoms with Crippen molar-refractivity contribution in [1.82, 2.24) is 10.6 Å². The average Bonchev–Trinajstić information content (AvgIpc) is 2.68. The van der Waals surface area contributed by atoms with Gasteiger partial charge in [0.25, 0.3) is 0 Å². The van der Waals surface area contributed by atoms with Gasteiger partial charge in [-0.1, -0.05) is 0 Å². The fourth-order valence-electron chi connectivity index (χ4n) is 1.59. The Labute approximate surface area is 189 Å². The number of nitrogens with two attached hydrogens (primary N) is 4. The van der Waals surface area contributed by atoms with Crippen molar-refractivity contribution in [2.24, 2.45) is 22.9 Å². The quantitative estimate of drug-likeness (QED) is 0.0680. The van der Waals surface area contributed by atoms with Gasteiger partial charge in [-0.25, -0.2) is 4.79 Å². The van der Waals surface area contributed by atoms with Gasteiger partial charge in [-0.05, 0) is 25.7 Å². The molecule has 0 rings (SSSR count). The highest BCUT2D eigenvalue weighted by Crippen LogP contribution is 1.93. The minimum Gasteiger partial charge on any atom is -0.481 e. The van der Waals surface area contributed by atoms with Gasteiger partial charge < -0.3 is 59.1 Å². The molecule has 17 heteroatoms. The maximum Gasteiger partial charge on any atom is 0.333 e. The number of aliphatic carboxylic acids is 4. The molecule has 0 aliphatic heterocycles. The van der Waals surface area contributed by atoms with Crippen LogP contribution < -0.4 is 33.6 Å². The van der Waals surface area contributed by atoms with Crippen LogP contribution in [0.15, 0.2) is 0 Å². The molecule has 0 saturated carbocycles. The third-order valence-electron chi connectivity index (χ3n) is 3.30. The zero-order valence-electron chi connectivity index (χ0n) is 17.9. The lowest BCUT2D eigenvalue weighted by atomic mass is 10.2. The van der Waals surface area contributed by atoms with E-state index < -0.39 is 48.5 Å². The van der Waals surface area contributed by atoms with Crippen molar-refractivity contribution in [2.45, 2.75) is 50.3 Å². The second-order valence-corrected chi connectivity index (χ2v) is 6.31. The van der Waals surface area contributed by atoms with Crippen LogP contribution in [0.5, 0.6) is 0 Å². The number of aliphatic hydroxyl groups is 1. The molecule has 0 saturated heterocycles. The second kappa shape index (κ2) is 20.2. The Bertz CT molecular complexity index is 609. The molecule has 17 N–H and O–H groups in total. The van der Waals surface area contributed by atoms with Crippen LogP contribution in [-0.2, 0) is 19.2 Å². The SMILES string of the molecule is N=C(N)NCCC[C@H](N)C(=O)O.N=C(N)NCCC[C@H](N)C(=O)O.O=C(O)CC(O)C(=O)O. The van der Waals surface area contributed by atoms with E-state index in [1.807, 2.05) is 0 Å². The Morgan fingerprint density at radius 1 is 0.727 bits per heavy atom. The molecule has 0 aliphatic carbocycles. The third-order valence-corrected chi connectivity index (χ3v) is 3.30. The molecule has 0 spiro atoms. The summed E-state index contributed by atoms with van der Waals surface area (Å²) in [5.74, 6) is -5.07. The number of carbonyl (C=O) groups is 4. The van der Waals surface area contributed by atoms with Gasteiger partial charge in [0.05, 0.1) is 6.42 Å². The Balaban J connectivity index is -0.000000414. The van der Waals surface area contributed by atoms with E-state index in [-0.39, 0.29) is 11.9 Å². The molecule has 0 amide bonds. The maximum atomic E-state index is 10.2. The fourth-order valence-corrected chi connectivity index (χ4v) is 1.59. The lowest BCUT2D eigenvalue weighted by Crippen LogP contribution is -2.34. The van der Waals surface area contributed by atoms with Gasteiger partial charge in [-0.3, -0.25) is 25.2 Å². The Hall–Kier alpha value is -3.70. The Kier molecular flexibility index (Phi) is 20.8. The molecule has 3 atom stereocenters. The molecule has 1 unspecified atom stereocenters. The van der Waals surface area contributed by atoms with Gasteiger partial charge in [0.15, 0.2) is 18.0 Å². The molecule has 0 aromatic carbocycles. The molecule has 17 nitrogen and oxygen atoms in total. The van der Waals surface area contributed by atoms with Crippen molar-refractivity contribution in [3.8, 4) is 0 Å². The van der Waals surface area contributed by atoms with Gasteiger partial charge >= 0.3 is 23.9 Å². The maximum absolute atomic E-state index is 10.2. The lowest BCUT2D eigenvalue weighted by molar-refractivity contribution is -0.152. The zero-order valence-corrected chi connectivity index (χ0v) is 17.9. The number of hydrogen-bond acceptors (Lipinski definition) is 9. The van der Waals surface area contributed by atoms with E-state index in [0.717, 1.165) is 0 Å². The topological polar surface area (TPSA) is 345 Å². The van der Waals surface area contributed by atoms with E-state index in [1.165, 1.54) is 0 Å². The zero-order chi connectivity index (χ0) is 26.6. The van der Waals surface area contributed by atoms with Crippen LogP contribution in [0.4, 0.5) is 0 Å². The highest BCUT2D eigenvalue weighted by molar-refractivity contribution is 5.79. The second-order valence-electron chi connectivity index (χ2n) is 6.31. The molecule has 0 aromatic heterocycles. The molecule has 0 aliphatic rings. The van der Waals surface area contributed by atoms with Crippen LogP contribution in [0, 0.1) is 10.8 Å². The van der Waals surface area contributed by atoms with Crippen molar-refractivity contribution in [2.75, 3.05) is 13.1 Å². The number of nitrogens with one attached hydrogen (secondary N) is 4. The Morgan fingerprint density at radius 2 is 1.06 bits per heavy atom. The number of carboxylic acid groups (broad SMARTS) is 4. The van der Waals surface area contributed by atoms with Gasteiger partial charge in [-0.2, -0.15) is 0 Å². The van der Waals surface area contributed by atoms with Crippen LogP contribution in [0.25, 0.3) is 0 Å². The summed E-state index contributed by atoms with van der Waals surface area (Å²) in [6, 6.07) is -1.64. The summed E-state index contributed by atoms with van der Waals surface area (Å²) in [7, 11) is 0. The Morgan fingerprint density at radius 3 is 1.24 bits per heavy atom. The largest absolute Gasteiger partial charge is 0.481 e. The number of guanidine groups is 2. The number of carboxylic acids is 4. The first-order chi connectivity index (χ1) is 15.1. The molecule has 192 valence electrons. The van der Waals surface area contributed by atoms with E-state index in [2.05, 4.69) is 10.6 Å². The van der Waals surface area contributed by atoms with E-state index in [9.17, 15) is 19.2 Å². The molecule has 0 radical (unpaired) electrons. The fraction of sp³-hybridized carbons (Fsp3) is 0.625. The predicted molar refractivity (Wildman–Crippen MR) is 115 cm³/mol. The minimum absolute atomic E-state index is 0.112. The summed E-state index contributed by atoms with van der Waals surface area (Å²) < 4.78 is 0. The minimum atomic E-state index is -1.79. The van der Waals surface area contributed by atoms with E-state index in [4.69, 9.17) is 59.3 Å². The lowest BCUT2D eigenvalue weighted by Gasteiger charge is -2.06. The van der Waals surface area contributed by atoms with Crippen LogP contribution >= 0.6 is 0 Å². The van der Waals surface area contributed by atoms with Gasteiger partial charge in [0.2, 0.25) is 0 Å². The number of aliphatic hydroxyl groups excluding tert-OH is 1. The molecular weight excluding hydrogens is 448 g/mol. The highest BCUT2D eigenvalue weighted by atomic mass is 16.4. The van der Waals surface area contributed by atoms with Crippen molar-refractivity contribution in [3.05, 3.63) is 0 Å². The standard InChI is InChI=1S/2C6H14N4O2.C4H6O5/c2*7-4(5(11)12)2-1-3-10-6(8)9;5-2(4(8)9)1-3(6)7/h2*4H,1-3,7H2,(H,11,12)(H4,8,9,10);2,5H,1H2,(H,6,7)(H,8,9)/t2*4-;/m00./s1. The summed E-state index contributed by atoms with van der Waals surface area (Å²) in [6.07, 6.45) is -0.594. The van der Waals surface area contributed by atoms with Crippen LogP contribution in [0.2, 0.25) is 0 Å². The van der Waals surface area contributed by atoms with Crippen LogP contribution in [0.3, 0.4) is 0 Å². The van der Waals surface area contributed by atoms with Crippen LogP contribution in [-0.4, -0.2) is 92.6 Å². The van der Waals surface area contributed by atoms with Gasteiger partial charge in [0, 0.05) is 13.1 Å². The average molecular weight is 482 g/mol. The summed E-state index contributed by atoms with van der Waals surface area (Å²) in [5.41, 5.74) is 20.4. The van der Waals surface area contributed by atoms with Crippen molar-refractivity contribution >= 4 is 35.8 Å². The van der Waals surface area contributed by atoms with Crippen molar-refractivity contribution in [1.29, 1.82) is 10.8 Å². The van der Waals surface area contributed by atoms with E-state index in [1.54, 1.807) is 0 Å². The first-order valence-corrected chi connectivity index (χ1v) is 9.36. The molecule has 0 fully saturated rings. The molecule has 33 heavy (non-hydrogen) atoms. The van der Waals surface area contributed by atoms with Crippen LogP contribution in [0.1, 0.15) is 32.1 Å². The molecule has 0 aromatic rings. The number of hydrogen-bond donors (Lipinski definition) is 13.